The summed E-state index contributed by atoms with van der Waals surface area (Å²) in [5, 5.41) is 5.91. The van der Waals surface area contributed by atoms with Gasteiger partial charge in [-0.05, 0) is 25.1 Å². The quantitative estimate of drug-likeness (QED) is 0.857. The maximum Gasteiger partial charge on any atom is 0.234 e. The molecular formula is C14H19FN2O3. The molecule has 0 spiro atoms. The molecule has 1 heterocycles. The van der Waals surface area contributed by atoms with Crippen LogP contribution in [0.5, 0.6) is 5.75 Å². The number of hydrogen-bond donors (Lipinski definition) is 2. The topological polar surface area (TPSA) is 59.6 Å². The van der Waals surface area contributed by atoms with Crippen LogP contribution in [0.15, 0.2) is 18.2 Å². The van der Waals surface area contributed by atoms with Crippen molar-refractivity contribution in [2.75, 3.05) is 39.2 Å². The highest BCUT2D eigenvalue weighted by atomic mass is 19.1. The molecule has 2 rings (SSSR count). The van der Waals surface area contributed by atoms with Crippen LogP contribution in [-0.2, 0) is 9.53 Å². The number of benzene rings is 1. The molecule has 6 heteroatoms. The molecule has 0 saturated carbocycles. The summed E-state index contributed by atoms with van der Waals surface area (Å²) in [6, 6.07) is 4.35. The molecule has 20 heavy (non-hydrogen) atoms. The number of carbonyl (C=O) groups is 1. The molecule has 110 valence electrons. The molecule has 0 radical (unpaired) electrons. The van der Waals surface area contributed by atoms with Gasteiger partial charge in [0.2, 0.25) is 5.91 Å². The molecule has 1 saturated heterocycles. The molecule has 1 aromatic carbocycles. The summed E-state index contributed by atoms with van der Waals surface area (Å²) in [6.07, 6.45) is 0.700. The van der Waals surface area contributed by atoms with Gasteiger partial charge in [0.1, 0.15) is 0 Å². The van der Waals surface area contributed by atoms with E-state index in [0.717, 1.165) is 6.54 Å². The van der Waals surface area contributed by atoms with E-state index in [1.807, 2.05) is 0 Å². The van der Waals surface area contributed by atoms with Crippen molar-refractivity contribution in [2.45, 2.75) is 6.42 Å². The molecule has 0 aromatic heterocycles. The number of anilines is 1. The fourth-order valence-corrected chi connectivity index (χ4v) is 2.41. The summed E-state index contributed by atoms with van der Waals surface area (Å²) in [5.41, 5.74) is -0.179. The van der Waals surface area contributed by atoms with Crippen molar-refractivity contribution < 1.29 is 18.7 Å². The third-order valence-electron chi connectivity index (χ3n) is 3.56. The van der Waals surface area contributed by atoms with E-state index in [-0.39, 0.29) is 11.7 Å². The fourth-order valence-electron chi connectivity index (χ4n) is 2.41. The molecule has 0 bridgehead atoms. The van der Waals surface area contributed by atoms with Gasteiger partial charge < -0.3 is 20.1 Å². The third kappa shape index (κ3) is 2.91. The van der Waals surface area contributed by atoms with Crippen molar-refractivity contribution in [1.29, 1.82) is 0 Å². The molecule has 5 nitrogen and oxygen atoms in total. The van der Waals surface area contributed by atoms with Crippen LogP contribution in [0.25, 0.3) is 0 Å². The summed E-state index contributed by atoms with van der Waals surface area (Å²) in [6.45, 7) is 1.67. The van der Waals surface area contributed by atoms with Crippen molar-refractivity contribution in [3.8, 4) is 5.75 Å². The Morgan fingerprint density at radius 3 is 2.85 bits per heavy atom. The second kappa shape index (κ2) is 6.19. The summed E-state index contributed by atoms with van der Waals surface area (Å²) in [5.74, 6) is -0.512. The predicted octanol–water partition coefficient (Wildman–Crippen LogP) is 1.40. The molecule has 1 aliphatic heterocycles. The second-order valence-corrected chi connectivity index (χ2v) is 4.94. The van der Waals surface area contributed by atoms with Gasteiger partial charge in [-0.3, -0.25) is 4.79 Å². The Balaban J connectivity index is 2.12. The summed E-state index contributed by atoms with van der Waals surface area (Å²) >= 11 is 0. The van der Waals surface area contributed by atoms with Gasteiger partial charge in [0.25, 0.3) is 0 Å². The largest absolute Gasteiger partial charge is 0.494 e. The van der Waals surface area contributed by atoms with Crippen LogP contribution in [-0.4, -0.2) is 39.8 Å². The van der Waals surface area contributed by atoms with E-state index in [1.54, 1.807) is 13.2 Å². The Labute approximate surface area is 117 Å². The SMILES string of the molecule is COCC1(C(=O)Nc2ccc(OC)c(F)c2)CCNC1. The van der Waals surface area contributed by atoms with Gasteiger partial charge in [-0.15, -0.1) is 0 Å². The summed E-state index contributed by atoms with van der Waals surface area (Å²) < 4.78 is 23.6. The monoisotopic (exact) mass is 282 g/mol. The van der Waals surface area contributed by atoms with Crippen molar-refractivity contribution >= 4 is 11.6 Å². The first-order chi connectivity index (χ1) is 9.61. The first-order valence-electron chi connectivity index (χ1n) is 6.46. The van der Waals surface area contributed by atoms with E-state index in [4.69, 9.17) is 9.47 Å². The Morgan fingerprint density at radius 1 is 1.50 bits per heavy atom. The van der Waals surface area contributed by atoms with Crippen molar-refractivity contribution in [3.05, 3.63) is 24.0 Å². The van der Waals surface area contributed by atoms with E-state index in [1.165, 1.54) is 19.2 Å². The number of carbonyl (C=O) groups excluding carboxylic acids is 1. The van der Waals surface area contributed by atoms with Crippen LogP contribution in [0.1, 0.15) is 6.42 Å². The number of rotatable bonds is 5. The lowest BCUT2D eigenvalue weighted by atomic mass is 9.87. The number of nitrogens with one attached hydrogen (secondary N) is 2. The maximum atomic E-state index is 13.6. The lowest BCUT2D eigenvalue weighted by Gasteiger charge is -2.26. The van der Waals surface area contributed by atoms with Crippen molar-refractivity contribution in [3.63, 3.8) is 0 Å². The fraction of sp³-hybridized carbons (Fsp3) is 0.500. The van der Waals surface area contributed by atoms with Crippen LogP contribution in [0, 0.1) is 11.2 Å². The van der Waals surface area contributed by atoms with Crippen LogP contribution >= 0.6 is 0 Å². The summed E-state index contributed by atoms with van der Waals surface area (Å²) in [7, 11) is 2.97. The number of halogens is 1. The molecule has 1 aromatic rings. The number of methoxy groups -OCH3 is 2. The normalized spacial score (nSPS) is 21.8. The van der Waals surface area contributed by atoms with Gasteiger partial charge >= 0.3 is 0 Å². The zero-order valence-electron chi connectivity index (χ0n) is 11.7. The van der Waals surface area contributed by atoms with E-state index < -0.39 is 11.2 Å². The van der Waals surface area contributed by atoms with Crippen molar-refractivity contribution in [2.24, 2.45) is 5.41 Å². The Hall–Kier alpha value is -1.66. The molecule has 1 unspecified atom stereocenters. The standard InChI is InChI=1S/C14H19FN2O3/c1-19-9-14(5-6-16-8-14)13(18)17-10-3-4-12(20-2)11(15)7-10/h3-4,7,16H,5-6,8-9H2,1-2H3,(H,17,18). The van der Waals surface area contributed by atoms with E-state index in [2.05, 4.69) is 10.6 Å². The average Bonchev–Trinajstić information content (AvgIpc) is 2.89. The lowest BCUT2D eigenvalue weighted by molar-refractivity contribution is -0.127. The minimum atomic E-state index is -0.592. The molecule has 0 aliphatic carbocycles. The molecule has 1 amide bonds. The summed E-state index contributed by atoms with van der Waals surface area (Å²) in [4.78, 5) is 12.4. The third-order valence-corrected chi connectivity index (χ3v) is 3.56. The minimum Gasteiger partial charge on any atom is -0.494 e. The smallest absolute Gasteiger partial charge is 0.234 e. The zero-order chi connectivity index (χ0) is 14.6. The first-order valence-corrected chi connectivity index (χ1v) is 6.46. The van der Waals surface area contributed by atoms with E-state index in [9.17, 15) is 9.18 Å². The molecular weight excluding hydrogens is 263 g/mol. The first kappa shape index (κ1) is 14.7. The highest BCUT2D eigenvalue weighted by Crippen LogP contribution is 2.28. The Bertz CT molecular complexity index is 487. The second-order valence-electron chi connectivity index (χ2n) is 4.94. The highest BCUT2D eigenvalue weighted by molar-refractivity contribution is 5.96. The van der Waals surface area contributed by atoms with Gasteiger partial charge in [-0.1, -0.05) is 0 Å². The highest BCUT2D eigenvalue weighted by Gasteiger charge is 2.41. The van der Waals surface area contributed by atoms with Gasteiger partial charge in [-0.25, -0.2) is 4.39 Å². The molecule has 2 N–H and O–H groups in total. The maximum absolute atomic E-state index is 13.6. The van der Waals surface area contributed by atoms with Gasteiger partial charge in [0.15, 0.2) is 11.6 Å². The van der Waals surface area contributed by atoms with Gasteiger partial charge in [0.05, 0.1) is 19.1 Å². The molecule has 1 atom stereocenters. The zero-order valence-corrected chi connectivity index (χ0v) is 11.7. The lowest BCUT2D eigenvalue weighted by Crippen LogP contribution is -2.41. The van der Waals surface area contributed by atoms with Crippen LogP contribution in [0.4, 0.5) is 10.1 Å². The molecule has 1 fully saturated rings. The van der Waals surface area contributed by atoms with Crippen LogP contribution < -0.4 is 15.4 Å². The van der Waals surface area contributed by atoms with Crippen molar-refractivity contribution in [1.82, 2.24) is 5.32 Å². The van der Waals surface area contributed by atoms with Gasteiger partial charge in [-0.2, -0.15) is 0 Å². The van der Waals surface area contributed by atoms with Gasteiger partial charge in [0, 0.05) is 25.4 Å². The molecule has 1 aliphatic rings. The van der Waals surface area contributed by atoms with Crippen LogP contribution in [0.3, 0.4) is 0 Å². The Kier molecular flexibility index (Phi) is 4.57. The number of amides is 1. The Morgan fingerprint density at radius 2 is 2.30 bits per heavy atom. The van der Waals surface area contributed by atoms with Crippen LogP contribution in [0.2, 0.25) is 0 Å². The average molecular weight is 282 g/mol. The minimum absolute atomic E-state index is 0.150. The number of ether oxygens (including phenoxy) is 2. The van der Waals surface area contributed by atoms with E-state index in [0.29, 0.717) is 25.3 Å². The number of hydrogen-bond acceptors (Lipinski definition) is 4. The van der Waals surface area contributed by atoms with E-state index >= 15 is 0 Å². The predicted molar refractivity (Wildman–Crippen MR) is 73.4 cm³/mol.